The Hall–Kier alpha value is -1.36. The number of ether oxygens (including phenoxy) is 1. The predicted molar refractivity (Wildman–Crippen MR) is 98.8 cm³/mol. The Kier molecular flexibility index (Phi) is 6.84. The Morgan fingerprint density at radius 3 is 2.71 bits per heavy atom. The van der Waals surface area contributed by atoms with Gasteiger partial charge in [-0.15, -0.1) is 11.3 Å². The molecule has 0 saturated carbocycles. The lowest BCUT2D eigenvalue weighted by Gasteiger charge is -2.21. The van der Waals surface area contributed by atoms with Crippen LogP contribution in [-0.2, 0) is 22.4 Å². The molecule has 0 bridgehead atoms. The summed E-state index contributed by atoms with van der Waals surface area (Å²) in [6.45, 7) is 8.38. The van der Waals surface area contributed by atoms with Gasteiger partial charge < -0.3 is 10.1 Å². The summed E-state index contributed by atoms with van der Waals surface area (Å²) in [5.74, 6) is 0.317. The van der Waals surface area contributed by atoms with Crippen molar-refractivity contribution in [2.45, 2.75) is 66.2 Å². The number of nitrogens with one attached hydrogen (secondary N) is 1. The van der Waals surface area contributed by atoms with Crippen LogP contribution in [0.15, 0.2) is 0 Å². The lowest BCUT2D eigenvalue weighted by atomic mass is 9.85. The topological polar surface area (TPSA) is 55.4 Å². The molecule has 1 aliphatic rings. The second-order valence-electron chi connectivity index (χ2n) is 6.62. The zero-order valence-corrected chi connectivity index (χ0v) is 16.1. The summed E-state index contributed by atoms with van der Waals surface area (Å²) in [5.41, 5.74) is 1.70. The Balaban J connectivity index is 2.30. The first-order valence-electron chi connectivity index (χ1n) is 9.14. The normalized spacial score (nSPS) is 17.9. The van der Waals surface area contributed by atoms with Gasteiger partial charge in [-0.2, -0.15) is 0 Å². The summed E-state index contributed by atoms with van der Waals surface area (Å²) in [7, 11) is 0. The quantitative estimate of drug-likeness (QED) is 0.717. The number of amides is 1. The average Bonchev–Trinajstić information content (AvgIpc) is 2.91. The van der Waals surface area contributed by atoms with E-state index in [-0.39, 0.29) is 17.8 Å². The molecule has 134 valence electrons. The Morgan fingerprint density at radius 2 is 2.08 bits per heavy atom. The summed E-state index contributed by atoms with van der Waals surface area (Å²) >= 11 is 1.57. The van der Waals surface area contributed by atoms with E-state index in [2.05, 4.69) is 19.2 Å². The maximum absolute atomic E-state index is 12.5. The van der Waals surface area contributed by atoms with Gasteiger partial charge in [-0.1, -0.05) is 33.6 Å². The van der Waals surface area contributed by atoms with Crippen LogP contribution in [0, 0.1) is 11.8 Å². The van der Waals surface area contributed by atoms with Crippen LogP contribution in [0.5, 0.6) is 0 Å². The highest BCUT2D eigenvalue weighted by Crippen LogP contribution is 2.41. The molecule has 0 radical (unpaired) electrons. The minimum absolute atomic E-state index is 0.00645. The van der Waals surface area contributed by atoms with Gasteiger partial charge in [0.05, 0.1) is 12.2 Å². The van der Waals surface area contributed by atoms with Crippen molar-refractivity contribution in [3.8, 4) is 0 Å². The van der Waals surface area contributed by atoms with Gasteiger partial charge in [0.25, 0.3) is 0 Å². The summed E-state index contributed by atoms with van der Waals surface area (Å²) in [4.78, 5) is 26.1. The van der Waals surface area contributed by atoms with E-state index in [0.29, 0.717) is 23.1 Å². The van der Waals surface area contributed by atoms with E-state index in [0.717, 1.165) is 44.1 Å². The van der Waals surface area contributed by atoms with Crippen LogP contribution in [0.2, 0.25) is 0 Å². The maximum atomic E-state index is 12.5. The molecular weight excluding hydrogens is 322 g/mol. The fraction of sp³-hybridized carbons (Fsp3) is 0.684. The summed E-state index contributed by atoms with van der Waals surface area (Å²) < 4.78 is 5.25. The van der Waals surface area contributed by atoms with Crippen LogP contribution in [0.3, 0.4) is 0 Å². The smallest absolute Gasteiger partial charge is 0.341 e. The molecule has 1 N–H and O–H groups in total. The molecule has 0 fully saturated rings. The molecule has 1 aromatic rings. The van der Waals surface area contributed by atoms with Gasteiger partial charge in [0.15, 0.2) is 0 Å². The van der Waals surface area contributed by atoms with Gasteiger partial charge in [-0.3, -0.25) is 4.79 Å². The minimum Gasteiger partial charge on any atom is -0.462 e. The number of thiophene rings is 1. The molecule has 2 unspecified atom stereocenters. The number of fused-ring (bicyclic) bond motifs is 1. The highest BCUT2D eigenvalue weighted by molar-refractivity contribution is 7.17. The summed E-state index contributed by atoms with van der Waals surface area (Å²) in [6.07, 6.45) is 5.98. The minimum atomic E-state index is -0.302. The fourth-order valence-corrected chi connectivity index (χ4v) is 4.66. The van der Waals surface area contributed by atoms with Gasteiger partial charge >= 0.3 is 5.97 Å². The highest BCUT2D eigenvalue weighted by atomic mass is 32.1. The first-order valence-corrected chi connectivity index (χ1v) is 9.95. The third-order valence-electron chi connectivity index (χ3n) is 4.83. The standard InChI is InChI=1S/C19H29NO3S/c1-5-8-12(4)17(21)20-18-16(19(22)23-7-3)14-10-9-13(6-2)11-15(14)24-18/h12-13H,5-11H2,1-4H3,(H,20,21). The van der Waals surface area contributed by atoms with Crippen molar-refractivity contribution in [2.75, 3.05) is 11.9 Å². The van der Waals surface area contributed by atoms with Crippen molar-refractivity contribution in [3.05, 3.63) is 16.0 Å². The van der Waals surface area contributed by atoms with E-state index in [1.54, 1.807) is 11.3 Å². The summed E-state index contributed by atoms with van der Waals surface area (Å²) in [6, 6.07) is 0. The molecule has 0 spiro atoms. The van der Waals surface area contributed by atoms with Crippen molar-refractivity contribution >= 4 is 28.2 Å². The Bertz CT molecular complexity index is 594. The van der Waals surface area contributed by atoms with Gasteiger partial charge in [0, 0.05) is 10.8 Å². The molecule has 1 aromatic heterocycles. The van der Waals surface area contributed by atoms with Crippen molar-refractivity contribution in [1.82, 2.24) is 0 Å². The van der Waals surface area contributed by atoms with Crippen molar-refractivity contribution in [1.29, 1.82) is 0 Å². The van der Waals surface area contributed by atoms with Gasteiger partial charge in [-0.05, 0) is 44.1 Å². The molecule has 1 heterocycles. The van der Waals surface area contributed by atoms with E-state index in [1.807, 2.05) is 13.8 Å². The molecule has 4 nitrogen and oxygen atoms in total. The molecule has 24 heavy (non-hydrogen) atoms. The van der Waals surface area contributed by atoms with Gasteiger partial charge in [-0.25, -0.2) is 4.79 Å². The number of hydrogen-bond donors (Lipinski definition) is 1. The van der Waals surface area contributed by atoms with Crippen LogP contribution in [-0.4, -0.2) is 18.5 Å². The SMILES string of the molecule is CCCC(C)C(=O)Nc1sc2c(c1C(=O)OCC)CCC(CC)C2. The lowest BCUT2D eigenvalue weighted by molar-refractivity contribution is -0.119. The molecule has 0 aliphatic heterocycles. The van der Waals surface area contributed by atoms with Gasteiger partial charge in [0.1, 0.15) is 5.00 Å². The third kappa shape index (κ3) is 4.18. The van der Waals surface area contributed by atoms with Crippen LogP contribution < -0.4 is 5.32 Å². The number of hydrogen-bond acceptors (Lipinski definition) is 4. The number of rotatable bonds is 7. The summed E-state index contributed by atoms with van der Waals surface area (Å²) in [5, 5.41) is 3.69. The Labute approximate surface area is 149 Å². The van der Waals surface area contributed by atoms with E-state index < -0.39 is 0 Å². The number of anilines is 1. The molecule has 0 aromatic carbocycles. The molecule has 1 amide bonds. The van der Waals surface area contributed by atoms with Crippen LogP contribution in [0.4, 0.5) is 5.00 Å². The van der Waals surface area contributed by atoms with Gasteiger partial charge in [0.2, 0.25) is 5.91 Å². The number of carbonyl (C=O) groups excluding carboxylic acids is 2. The van der Waals surface area contributed by atoms with Crippen molar-refractivity contribution in [2.24, 2.45) is 11.8 Å². The Morgan fingerprint density at radius 1 is 1.33 bits per heavy atom. The molecule has 2 atom stereocenters. The molecular formula is C19H29NO3S. The van der Waals surface area contributed by atoms with E-state index >= 15 is 0 Å². The van der Waals surface area contributed by atoms with E-state index in [9.17, 15) is 9.59 Å². The zero-order chi connectivity index (χ0) is 17.7. The predicted octanol–water partition coefficient (Wildman–Crippen LogP) is 4.81. The van der Waals surface area contributed by atoms with Crippen LogP contribution >= 0.6 is 11.3 Å². The fourth-order valence-electron chi connectivity index (χ4n) is 3.31. The molecule has 2 rings (SSSR count). The number of esters is 1. The van der Waals surface area contributed by atoms with E-state index in [1.165, 1.54) is 4.88 Å². The second kappa shape index (κ2) is 8.65. The second-order valence-corrected chi connectivity index (χ2v) is 7.73. The first-order chi connectivity index (χ1) is 11.5. The molecule has 0 saturated heterocycles. The molecule has 5 heteroatoms. The van der Waals surface area contributed by atoms with E-state index in [4.69, 9.17) is 4.74 Å². The first kappa shape index (κ1) is 19.0. The molecule has 1 aliphatic carbocycles. The lowest BCUT2D eigenvalue weighted by Crippen LogP contribution is -2.21. The maximum Gasteiger partial charge on any atom is 0.341 e. The van der Waals surface area contributed by atoms with Crippen LogP contribution in [0.25, 0.3) is 0 Å². The van der Waals surface area contributed by atoms with Crippen LogP contribution in [0.1, 0.15) is 74.2 Å². The highest BCUT2D eigenvalue weighted by Gasteiger charge is 2.30. The average molecular weight is 352 g/mol. The number of carbonyl (C=O) groups is 2. The largest absolute Gasteiger partial charge is 0.462 e. The van der Waals surface area contributed by atoms with Crippen molar-refractivity contribution in [3.63, 3.8) is 0 Å². The zero-order valence-electron chi connectivity index (χ0n) is 15.2. The third-order valence-corrected chi connectivity index (χ3v) is 6.00. The monoisotopic (exact) mass is 351 g/mol. The van der Waals surface area contributed by atoms with Crippen molar-refractivity contribution < 1.29 is 14.3 Å².